The molecular weight excluding hydrogens is 248 g/mol. The van der Waals surface area contributed by atoms with Gasteiger partial charge in [0.2, 0.25) is 0 Å². The van der Waals surface area contributed by atoms with Crippen LogP contribution in [0.4, 0.5) is 0 Å². The molecule has 0 bridgehead atoms. The van der Waals surface area contributed by atoms with Gasteiger partial charge in [-0.05, 0) is 69.2 Å². The highest BCUT2D eigenvalue weighted by Gasteiger charge is 2.32. The molecule has 1 aliphatic rings. The van der Waals surface area contributed by atoms with E-state index in [1.807, 2.05) is 13.0 Å². The molecule has 112 valence electrons. The first-order valence-electron chi connectivity index (χ1n) is 7.98. The Morgan fingerprint density at radius 2 is 1.95 bits per heavy atom. The maximum absolute atomic E-state index is 9.93. The molecule has 1 unspecified atom stereocenters. The van der Waals surface area contributed by atoms with E-state index in [4.69, 9.17) is 4.74 Å². The number of phenolic OH excluding ortho intramolecular Hbond substituents is 1. The summed E-state index contributed by atoms with van der Waals surface area (Å²) in [7, 11) is 0. The van der Waals surface area contributed by atoms with Crippen molar-refractivity contribution in [3.8, 4) is 11.5 Å². The summed E-state index contributed by atoms with van der Waals surface area (Å²) < 4.78 is 6.36. The molecule has 0 radical (unpaired) electrons. The molecule has 1 aromatic carbocycles. The lowest BCUT2D eigenvalue weighted by Gasteiger charge is -2.37. The van der Waals surface area contributed by atoms with E-state index in [-0.39, 0.29) is 5.60 Å². The Kier molecular flexibility index (Phi) is 4.62. The zero-order valence-electron chi connectivity index (χ0n) is 13.4. The van der Waals surface area contributed by atoms with Gasteiger partial charge in [0, 0.05) is 0 Å². The van der Waals surface area contributed by atoms with E-state index in [2.05, 4.69) is 20.8 Å². The van der Waals surface area contributed by atoms with E-state index >= 15 is 0 Å². The maximum Gasteiger partial charge on any atom is 0.126 e. The van der Waals surface area contributed by atoms with E-state index in [1.165, 1.54) is 25.7 Å². The quantitative estimate of drug-likeness (QED) is 0.761. The van der Waals surface area contributed by atoms with Gasteiger partial charge in [-0.15, -0.1) is 0 Å². The van der Waals surface area contributed by atoms with Gasteiger partial charge in [0.05, 0.1) is 0 Å². The third-order valence-corrected chi connectivity index (χ3v) is 4.72. The lowest BCUT2D eigenvalue weighted by molar-refractivity contribution is 0.0524. The van der Waals surface area contributed by atoms with Crippen molar-refractivity contribution in [1.82, 2.24) is 0 Å². The Bertz CT molecular complexity index is 479. The molecule has 1 N–H and O–H groups in total. The highest BCUT2D eigenvalue weighted by molar-refractivity contribution is 5.53. The Hall–Kier alpha value is -1.18. The minimum atomic E-state index is -0.0328. The highest BCUT2D eigenvalue weighted by atomic mass is 16.5. The molecule has 0 amide bonds. The van der Waals surface area contributed by atoms with Crippen molar-refractivity contribution < 1.29 is 9.84 Å². The molecule has 0 spiro atoms. The minimum absolute atomic E-state index is 0.0328. The second-order valence-electron chi connectivity index (χ2n) is 6.50. The summed E-state index contributed by atoms with van der Waals surface area (Å²) >= 11 is 0. The lowest BCUT2D eigenvalue weighted by Crippen LogP contribution is -2.36. The van der Waals surface area contributed by atoms with Crippen LogP contribution in [0.1, 0.15) is 69.1 Å². The van der Waals surface area contributed by atoms with Crippen molar-refractivity contribution in [2.24, 2.45) is 0 Å². The zero-order chi connectivity index (χ0) is 14.8. The predicted octanol–water partition coefficient (Wildman–Crippen LogP) is 5.06. The second-order valence-corrected chi connectivity index (χ2v) is 6.50. The standard InChI is InChI=1S/C18H28O2/c1-5-6-7-8-10-18(4)11-9-15-12-16(19)13(2)14(3)17(15)20-18/h12,19H,5-11H2,1-4H3. The summed E-state index contributed by atoms with van der Waals surface area (Å²) in [5.74, 6) is 1.42. The third kappa shape index (κ3) is 3.11. The normalized spacial score (nSPS) is 21.4. The number of unbranched alkanes of at least 4 members (excludes halogenated alkanes) is 3. The van der Waals surface area contributed by atoms with Crippen LogP contribution in [0.3, 0.4) is 0 Å². The molecule has 0 aromatic heterocycles. The van der Waals surface area contributed by atoms with Crippen LogP contribution >= 0.6 is 0 Å². The summed E-state index contributed by atoms with van der Waals surface area (Å²) in [6.45, 7) is 8.50. The first-order chi connectivity index (χ1) is 9.47. The molecule has 1 heterocycles. The lowest BCUT2D eigenvalue weighted by atomic mass is 9.86. The van der Waals surface area contributed by atoms with Gasteiger partial charge in [-0.3, -0.25) is 0 Å². The average molecular weight is 276 g/mol. The number of phenols is 1. The highest BCUT2D eigenvalue weighted by Crippen LogP contribution is 2.41. The predicted molar refractivity (Wildman–Crippen MR) is 83.7 cm³/mol. The van der Waals surface area contributed by atoms with Gasteiger partial charge in [0.15, 0.2) is 0 Å². The van der Waals surface area contributed by atoms with Crippen LogP contribution in [0.5, 0.6) is 11.5 Å². The van der Waals surface area contributed by atoms with Crippen LogP contribution in [0.2, 0.25) is 0 Å². The largest absolute Gasteiger partial charge is 0.508 e. The molecule has 0 saturated carbocycles. The molecule has 0 fully saturated rings. The fourth-order valence-electron chi connectivity index (χ4n) is 3.07. The number of hydrogen-bond donors (Lipinski definition) is 1. The number of aromatic hydroxyl groups is 1. The monoisotopic (exact) mass is 276 g/mol. The van der Waals surface area contributed by atoms with Crippen molar-refractivity contribution in [1.29, 1.82) is 0 Å². The van der Waals surface area contributed by atoms with Crippen LogP contribution in [-0.4, -0.2) is 10.7 Å². The Labute approximate surface area is 123 Å². The van der Waals surface area contributed by atoms with Crippen molar-refractivity contribution in [3.05, 3.63) is 22.8 Å². The zero-order valence-corrected chi connectivity index (χ0v) is 13.4. The van der Waals surface area contributed by atoms with Crippen molar-refractivity contribution >= 4 is 0 Å². The molecule has 1 aromatic rings. The van der Waals surface area contributed by atoms with Gasteiger partial charge < -0.3 is 9.84 Å². The van der Waals surface area contributed by atoms with Gasteiger partial charge in [0.1, 0.15) is 17.1 Å². The first kappa shape index (κ1) is 15.2. The summed E-state index contributed by atoms with van der Waals surface area (Å²) in [4.78, 5) is 0. The van der Waals surface area contributed by atoms with Gasteiger partial charge in [-0.2, -0.15) is 0 Å². The van der Waals surface area contributed by atoms with Gasteiger partial charge in [0.25, 0.3) is 0 Å². The third-order valence-electron chi connectivity index (χ3n) is 4.72. The van der Waals surface area contributed by atoms with Crippen LogP contribution < -0.4 is 4.74 Å². The Morgan fingerprint density at radius 3 is 2.65 bits per heavy atom. The van der Waals surface area contributed by atoms with Crippen molar-refractivity contribution in [2.75, 3.05) is 0 Å². The molecule has 0 aliphatic carbocycles. The molecule has 0 saturated heterocycles. The molecule has 2 nitrogen and oxygen atoms in total. The molecule has 20 heavy (non-hydrogen) atoms. The van der Waals surface area contributed by atoms with Crippen LogP contribution in [-0.2, 0) is 6.42 Å². The number of aryl methyl sites for hydroxylation is 1. The van der Waals surface area contributed by atoms with E-state index in [0.29, 0.717) is 5.75 Å². The molecule has 1 atom stereocenters. The fraction of sp³-hybridized carbons (Fsp3) is 0.667. The van der Waals surface area contributed by atoms with Crippen LogP contribution in [0, 0.1) is 13.8 Å². The molecule has 1 aliphatic heterocycles. The minimum Gasteiger partial charge on any atom is -0.508 e. The average Bonchev–Trinajstić information content (AvgIpc) is 2.43. The summed E-state index contributed by atoms with van der Waals surface area (Å²) in [6.07, 6.45) is 8.33. The van der Waals surface area contributed by atoms with Crippen molar-refractivity contribution in [3.63, 3.8) is 0 Å². The Morgan fingerprint density at radius 1 is 1.20 bits per heavy atom. The van der Waals surface area contributed by atoms with Crippen molar-refractivity contribution in [2.45, 2.75) is 78.2 Å². The molecule has 2 rings (SSSR count). The van der Waals surface area contributed by atoms with E-state index < -0.39 is 0 Å². The number of benzene rings is 1. The molecule has 2 heteroatoms. The van der Waals surface area contributed by atoms with Gasteiger partial charge in [-0.25, -0.2) is 0 Å². The number of hydrogen-bond acceptors (Lipinski definition) is 2. The summed E-state index contributed by atoms with van der Waals surface area (Å²) in [5, 5.41) is 9.93. The van der Waals surface area contributed by atoms with Crippen LogP contribution in [0.25, 0.3) is 0 Å². The number of rotatable bonds is 5. The second kappa shape index (κ2) is 6.07. The van der Waals surface area contributed by atoms with Gasteiger partial charge >= 0.3 is 0 Å². The number of fused-ring (bicyclic) bond motifs is 1. The van der Waals surface area contributed by atoms with E-state index in [1.54, 1.807) is 0 Å². The topological polar surface area (TPSA) is 29.5 Å². The smallest absolute Gasteiger partial charge is 0.126 e. The van der Waals surface area contributed by atoms with Gasteiger partial charge in [-0.1, -0.05) is 26.2 Å². The van der Waals surface area contributed by atoms with E-state index in [0.717, 1.165) is 41.7 Å². The van der Waals surface area contributed by atoms with Crippen LogP contribution in [0.15, 0.2) is 6.07 Å². The SMILES string of the molecule is CCCCCCC1(C)CCc2cc(O)c(C)c(C)c2O1. The number of ether oxygens (including phenoxy) is 1. The molecular formula is C18H28O2. The fourth-order valence-corrected chi connectivity index (χ4v) is 3.07. The Balaban J connectivity index is 2.11. The maximum atomic E-state index is 9.93. The first-order valence-corrected chi connectivity index (χ1v) is 7.98. The summed E-state index contributed by atoms with van der Waals surface area (Å²) in [5.41, 5.74) is 3.17. The summed E-state index contributed by atoms with van der Waals surface area (Å²) in [6, 6.07) is 1.88. The van der Waals surface area contributed by atoms with E-state index in [9.17, 15) is 5.11 Å².